The highest BCUT2D eigenvalue weighted by molar-refractivity contribution is 5.80. The van der Waals surface area contributed by atoms with Gasteiger partial charge in [0.1, 0.15) is 0 Å². The van der Waals surface area contributed by atoms with E-state index < -0.39 is 5.97 Å². The minimum absolute atomic E-state index is 0.0878. The van der Waals surface area contributed by atoms with Crippen LogP contribution < -0.4 is 0 Å². The fraction of sp³-hybridized carbons (Fsp3) is 0.467. The number of unbranched alkanes of at least 4 members (excludes halogenated alkanes) is 1. The van der Waals surface area contributed by atoms with Crippen LogP contribution in [-0.4, -0.2) is 35.5 Å². The molecule has 0 unspecified atom stereocenters. The Morgan fingerprint density at radius 2 is 1.79 bits per heavy atom. The van der Waals surface area contributed by atoms with E-state index in [0.29, 0.717) is 6.54 Å². The molecule has 1 aromatic rings. The quantitative estimate of drug-likeness (QED) is 0.732. The number of carboxylic acids is 1. The Balaban J connectivity index is 2.14. The van der Waals surface area contributed by atoms with Gasteiger partial charge in [-0.2, -0.15) is 0 Å². The highest BCUT2D eigenvalue weighted by Crippen LogP contribution is 2.05. The van der Waals surface area contributed by atoms with E-state index in [9.17, 15) is 9.59 Å². The highest BCUT2D eigenvalue weighted by Gasteiger charge is 2.10. The van der Waals surface area contributed by atoms with Crippen LogP contribution in [0.15, 0.2) is 30.3 Å². The van der Waals surface area contributed by atoms with E-state index in [1.807, 2.05) is 18.2 Å². The van der Waals surface area contributed by atoms with E-state index in [2.05, 4.69) is 12.1 Å². The number of carbonyl (C=O) groups excluding carboxylic acids is 1. The number of amides is 1. The molecule has 0 aromatic heterocycles. The molecule has 0 atom stereocenters. The Morgan fingerprint density at radius 3 is 2.42 bits per heavy atom. The van der Waals surface area contributed by atoms with Crippen LogP contribution in [-0.2, 0) is 16.0 Å². The van der Waals surface area contributed by atoms with Gasteiger partial charge in [-0.15, -0.1) is 0 Å². The monoisotopic (exact) mass is 263 g/mol. The van der Waals surface area contributed by atoms with Crippen molar-refractivity contribution in [3.05, 3.63) is 35.9 Å². The number of hydrogen-bond acceptors (Lipinski definition) is 2. The van der Waals surface area contributed by atoms with Crippen LogP contribution in [0.2, 0.25) is 0 Å². The lowest BCUT2D eigenvalue weighted by atomic mass is 10.1. The third-order valence-corrected chi connectivity index (χ3v) is 3.03. The highest BCUT2D eigenvalue weighted by atomic mass is 16.4. The summed E-state index contributed by atoms with van der Waals surface area (Å²) < 4.78 is 0. The molecule has 4 nitrogen and oxygen atoms in total. The van der Waals surface area contributed by atoms with E-state index in [4.69, 9.17) is 5.11 Å². The SMILES string of the molecule is CN(CCCCc1ccccc1)C(=O)CCC(=O)O. The van der Waals surface area contributed by atoms with Gasteiger partial charge in [0.2, 0.25) is 5.91 Å². The molecule has 1 amide bonds. The molecule has 0 aliphatic rings. The van der Waals surface area contributed by atoms with E-state index in [-0.39, 0.29) is 18.7 Å². The van der Waals surface area contributed by atoms with Crippen molar-refractivity contribution in [1.29, 1.82) is 0 Å². The summed E-state index contributed by atoms with van der Waals surface area (Å²) in [6, 6.07) is 10.2. The van der Waals surface area contributed by atoms with Gasteiger partial charge in [-0.3, -0.25) is 9.59 Å². The van der Waals surface area contributed by atoms with Crippen molar-refractivity contribution >= 4 is 11.9 Å². The van der Waals surface area contributed by atoms with Crippen molar-refractivity contribution in [2.24, 2.45) is 0 Å². The van der Waals surface area contributed by atoms with Crippen molar-refractivity contribution in [2.75, 3.05) is 13.6 Å². The van der Waals surface area contributed by atoms with E-state index in [1.165, 1.54) is 5.56 Å². The summed E-state index contributed by atoms with van der Waals surface area (Å²) in [6.45, 7) is 0.686. The summed E-state index contributed by atoms with van der Waals surface area (Å²) in [7, 11) is 1.73. The molecule has 0 heterocycles. The van der Waals surface area contributed by atoms with E-state index in [1.54, 1.807) is 11.9 Å². The van der Waals surface area contributed by atoms with Crippen LogP contribution >= 0.6 is 0 Å². The summed E-state index contributed by atoms with van der Waals surface area (Å²) in [4.78, 5) is 23.6. The Bertz CT molecular complexity index is 403. The number of aliphatic carboxylic acids is 1. The van der Waals surface area contributed by atoms with Crippen molar-refractivity contribution in [2.45, 2.75) is 32.1 Å². The van der Waals surface area contributed by atoms with Gasteiger partial charge in [0, 0.05) is 20.0 Å². The molecule has 104 valence electrons. The summed E-state index contributed by atoms with van der Waals surface area (Å²) in [5.41, 5.74) is 1.31. The lowest BCUT2D eigenvalue weighted by molar-refractivity contribution is -0.140. The van der Waals surface area contributed by atoms with Crippen molar-refractivity contribution < 1.29 is 14.7 Å². The zero-order chi connectivity index (χ0) is 14.1. The second-order valence-electron chi connectivity index (χ2n) is 4.65. The number of hydrogen-bond donors (Lipinski definition) is 1. The molecule has 1 N–H and O–H groups in total. The minimum Gasteiger partial charge on any atom is -0.481 e. The van der Waals surface area contributed by atoms with Crippen LogP contribution in [0.5, 0.6) is 0 Å². The third kappa shape index (κ3) is 6.60. The van der Waals surface area contributed by atoms with Crippen molar-refractivity contribution in [3.8, 4) is 0 Å². The first kappa shape index (κ1) is 15.2. The van der Waals surface area contributed by atoms with Gasteiger partial charge in [-0.25, -0.2) is 0 Å². The maximum atomic E-state index is 11.6. The number of rotatable bonds is 8. The largest absolute Gasteiger partial charge is 0.481 e. The fourth-order valence-corrected chi connectivity index (χ4v) is 1.85. The normalized spacial score (nSPS) is 10.2. The second kappa shape index (κ2) is 8.29. The van der Waals surface area contributed by atoms with Crippen LogP contribution in [0.1, 0.15) is 31.2 Å². The first-order chi connectivity index (χ1) is 9.09. The van der Waals surface area contributed by atoms with Gasteiger partial charge in [0.05, 0.1) is 6.42 Å². The zero-order valence-corrected chi connectivity index (χ0v) is 11.3. The average Bonchev–Trinajstić information content (AvgIpc) is 2.41. The molecule has 0 spiro atoms. The van der Waals surface area contributed by atoms with Crippen LogP contribution in [0.4, 0.5) is 0 Å². The third-order valence-electron chi connectivity index (χ3n) is 3.03. The summed E-state index contributed by atoms with van der Waals surface area (Å²) in [6.07, 6.45) is 2.97. The van der Waals surface area contributed by atoms with Crippen LogP contribution in [0, 0.1) is 0 Å². The molecule has 1 aromatic carbocycles. The molecule has 0 aliphatic carbocycles. The van der Waals surface area contributed by atoms with Gasteiger partial charge in [0.15, 0.2) is 0 Å². The molecule has 0 bridgehead atoms. The maximum absolute atomic E-state index is 11.6. The average molecular weight is 263 g/mol. The molecule has 0 radical (unpaired) electrons. The molecule has 0 saturated heterocycles. The first-order valence-corrected chi connectivity index (χ1v) is 6.59. The maximum Gasteiger partial charge on any atom is 0.303 e. The lowest BCUT2D eigenvalue weighted by Gasteiger charge is -2.16. The Kier molecular flexibility index (Phi) is 6.64. The minimum atomic E-state index is -0.925. The lowest BCUT2D eigenvalue weighted by Crippen LogP contribution is -2.28. The van der Waals surface area contributed by atoms with Crippen LogP contribution in [0.3, 0.4) is 0 Å². The smallest absolute Gasteiger partial charge is 0.303 e. The Labute approximate surface area is 114 Å². The molecule has 19 heavy (non-hydrogen) atoms. The number of nitrogens with zero attached hydrogens (tertiary/aromatic N) is 1. The molecule has 0 fully saturated rings. The van der Waals surface area contributed by atoms with Crippen molar-refractivity contribution in [1.82, 2.24) is 4.90 Å². The van der Waals surface area contributed by atoms with Gasteiger partial charge in [0.25, 0.3) is 0 Å². The predicted molar refractivity (Wildman–Crippen MR) is 73.9 cm³/mol. The molecule has 1 rings (SSSR count). The number of benzene rings is 1. The number of aryl methyl sites for hydroxylation is 1. The summed E-state index contributed by atoms with van der Waals surface area (Å²) >= 11 is 0. The van der Waals surface area contributed by atoms with Gasteiger partial charge in [-0.05, 0) is 24.8 Å². The van der Waals surface area contributed by atoms with Crippen molar-refractivity contribution in [3.63, 3.8) is 0 Å². The summed E-state index contributed by atoms with van der Waals surface area (Å²) in [5.74, 6) is -1.02. The van der Waals surface area contributed by atoms with E-state index in [0.717, 1.165) is 19.3 Å². The van der Waals surface area contributed by atoms with Gasteiger partial charge >= 0.3 is 5.97 Å². The van der Waals surface area contributed by atoms with Gasteiger partial charge < -0.3 is 10.0 Å². The fourth-order valence-electron chi connectivity index (χ4n) is 1.85. The van der Waals surface area contributed by atoms with Crippen LogP contribution in [0.25, 0.3) is 0 Å². The standard InChI is InChI=1S/C15H21NO3/c1-16(14(17)10-11-15(18)19)12-6-5-9-13-7-3-2-4-8-13/h2-4,7-8H,5-6,9-12H2,1H3,(H,18,19). The Morgan fingerprint density at radius 1 is 1.11 bits per heavy atom. The predicted octanol–water partition coefficient (Wildman–Crippen LogP) is 2.33. The van der Waals surface area contributed by atoms with Gasteiger partial charge in [-0.1, -0.05) is 30.3 Å². The molecule has 0 aliphatic heterocycles. The zero-order valence-electron chi connectivity index (χ0n) is 11.3. The molecular weight excluding hydrogens is 242 g/mol. The second-order valence-corrected chi connectivity index (χ2v) is 4.65. The number of carboxylic acid groups (broad SMARTS) is 1. The molecule has 0 saturated carbocycles. The number of carbonyl (C=O) groups is 2. The first-order valence-electron chi connectivity index (χ1n) is 6.59. The Hall–Kier alpha value is -1.84. The summed E-state index contributed by atoms with van der Waals surface area (Å²) in [5, 5.41) is 8.51. The molecular formula is C15H21NO3. The topological polar surface area (TPSA) is 57.6 Å². The molecule has 4 heteroatoms. The van der Waals surface area contributed by atoms with E-state index >= 15 is 0 Å².